The molecule has 0 aromatic carbocycles. The molecule has 68 valence electrons. The van der Waals surface area contributed by atoms with Crippen molar-refractivity contribution in [2.45, 2.75) is 12.6 Å². The average Bonchev–Trinajstić information content (AvgIpc) is 2.12. The van der Waals surface area contributed by atoms with Gasteiger partial charge in [-0.25, -0.2) is 0 Å². The molecule has 12 heavy (non-hydrogen) atoms. The van der Waals surface area contributed by atoms with Gasteiger partial charge in [0, 0.05) is 13.6 Å². The Hall–Kier alpha value is -0.870. The largest absolute Gasteiger partial charge is 0.372 e. The number of aliphatic hydroxyl groups excluding tert-OH is 1. The first-order valence-corrected chi connectivity index (χ1v) is 4.04. The average molecular weight is 170 g/mol. The van der Waals surface area contributed by atoms with E-state index in [1.807, 2.05) is 6.08 Å². The molecule has 0 radical (unpaired) electrons. The Kier molecular flexibility index (Phi) is 3.25. The minimum atomic E-state index is -0.722. The molecule has 0 fully saturated rings. The van der Waals surface area contributed by atoms with E-state index in [1.54, 1.807) is 7.05 Å². The van der Waals surface area contributed by atoms with Crippen molar-refractivity contribution in [3.63, 3.8) is 0 Å². The number of hydrogen-bond donors (Lipinski definition) is 2. The van der Waals surface area contributed by atoms with Crippen molar-refractivity contribution < 1.29 is 9.90 Å². The van der Waals surface area contributed by atoms with Gasteiger partial charge < -0.3 is 15.3 Å². The molecule has 1 atom stereocenters. The molecular weight excluding hydrogens is 156 g/mol. The van der Waals surface area contributed by atoms with Gasteiger partial charge >= 0.3 is 0 Å². The van der Waals surface area contributed by atoms with Crippen LogP contribution in [0.5, 0.6) is 0 Å². The van der Waals surface area contributed by atoms with Crippen molar-refractivity contribution in [1.29, 1.82) is 0 Å². The molecule has 1 aliphatic heterocycles. The van der Waals surface area contributed by atoms with Crippen molar-refractivity contribution >= 4 is 5.91 Å². The van der Waals surface area contributed by atoms with Crippen LogP contribution in [-0.2, 0) is 4.79 Å². The molecule has 1 heterocycles. The van der Waals surface area contributed by atoms with E-state index >= 15 is 0 Å². The third-order valence-electron chi connectivity index (χ3n) is 1.87. The predicted octanol–water partition coefficient (Wildman–Crippen LogP) is -0.687. The lowest BCUT2D eigenvalue weighted by Gasteiger charge is -2.21. The van der Waals surface area contributed by atoms with Gasteiger partial charge in [-0.05, 0) is 19.0 Å². The minimum absolute atomic E-state index is 0.147. The van der Waals surface area contributed by atoms with Crippen LogP contribution in [0.25, 0.3) is 0 Å². The summed E-state index contributed by atoms with van der Waals surface area (Å²) in [5.74, 6) is -0.147. The van der Waals surface area contributed by atoms with Gasteiger partial charge in [-0.3, -0.25) is 4.79 Å². The van der Waals surface area contributed by atoms with Crippen molar-refractivity contribution in [1.82, 2.24) is 10.2 Å². The Labute approximate surface area is 71.9 Å². The molecule has 0 saturated heterocycles. The molecule has 1 aliphatic rings. The van der Waals surface area contributed by atoms with Crippen LogP contribution in [0, 0.1) is 0 Å². The molecule has 0 saturated carbocycles. The highest BCUT2D eigenvalue weighted by Crippen LogP contribution is 1.96. The summed E-state index contributed by atoms with van der Waals surface area (Å²) >= 11 is 0. The van der Waals surface area contributed by atoms with Crippen LogP contribution < -0.4 is 5.32 Å². The first-order chi connectivity index (χ1) is 5.72. The van der Waals surface area contributed by atoms with Crippen molar-refractivity contribution in [3.8, 4) is 0 Å². The second-order valence-corrected chi connectivity index (χ2v) is 2.82. The van der Waals surface area contributed by atoms with E-state index < -0.39 is 6.23 Å². The summed E-state index contributed by atoms with van der Waals surface area (Å²) in [4.78, 5) is 12.5. The van der Waals surface area contributed by atoms with Crippen LogP contribution in [0.2, 0.25) is 0 Å². The minimum Gasteiger partial charge on any atom is -0.372 e. The summed E-state index contributed by atoms with van der Waals surface area (Å²) in [5.41, 5.74) is 0. The second kappa shape index (κ2) is 4.23. The molecule has 0 aromatic rings. The summed E-state index contributed by atoms with van der Waals surface area (Å²) in [7, 11) is 1.59. The van der Waals surface area contributed by atoms with Crippen molar-refractivity contribution in [3.05, 3.63) is 12.2 Å². The monoisotopic (exact) mass is 170 g/mol. The standard InChI is InChI=1S/C8H14N2O2/c1-10-7(11)4-2-3-5-9-6-8(10)12/h2,4,8-9,12H,3,5-6H2,1H3/b4-2-. The zero-order valence-electron chi connectivity index (χ0n) is 7.16. The summed E-state index contributed by atoms with van der Waals surface area (Å²) in [5, 5.41) is 12.4. The Morgan fingerprint density at radius 3 is 3.25 bits per heavy atom. The fourth-order valence-corrected chi connectivity index (χ4v) is 1.00. The van der Waals surface area contributed by atoms with E-state index in [-0.39, 0.29) is 5.91 Å². The molecule has 2 N–H and O–H groups in total. The zero-order valence-corrected chi connectivity index (χ0v) is 7.16. The van der Waals surface area contributed by atoms with E-state index in [9.17, 15) is 9.90 Å². The molecule has 1 unspecified atom stereocenters. The molecule has 0 aromatic heterocycles. The lowest BCUT2D eigenvalue weighted by molar-refractivity contribution is -0.133. The highest BCUT2D eigenvalue weighted by atomic mass is 16.3. The smallest absolute Gasteiger partial charge is 0.248 e. The van der Waals surface area contributed by atoms with Gasteiger partial charge in [-0.1, -0.05) is 6.08 Å². The van der Waals surface area contributed by atoms with Gasteiger partial charge in [0.25, 0.3) is 0 Å². The predicted molar refractivity (Wildman–Crippen MR) is 45.4 cm³/mol. The number of hydrogen-bond acceptors (Lipinski definition) is 3. The van der Waals surface area contributed by atoms with Crippen LogP contribution in [0.4, 0.5) is 0 Å². The topological polar surface area (TPSA) is 52.6 Å². The lowest BCUT2D eigenvalue weighted by Crippen LogP contribution is -2.42. The molecule has 0 aliphatic carbocycles. The number of aliphatic hydroxyl groups is 1. The molecule has 1 amide bonds. The Bertz CT molecular complexity index is 191. The van der Waals surface area contributed by atoms with E-state index in [1.165, 1.54) is 11.0 Å². The number of carbonyl (C=O) groups is 1. The first-order valence-electron chi connectivity index (χ1n) is 4.04. The number of amides is 1. The third kappa shape index (κ3) is 2.32. The van der Waals surface area contributed by atoms with Crippen molar-refractivity contribution in [2.24, 2.45) is 0 Å². The number of β-amino-alcohol motifs (C(OH)–C–C–N with tert-alkyl or cyclic N) is 1. The van der Waals surface area contributed by atoms with E-state index in [2.05, 4.69) is 5.32 Å². The highest BCUT2D eigenvalue weighted by Gasteiger charge is 2.14. The van der Waals surface area contributed by atoms with Gasteiger partial charge in [-0.15, -0.1) is 0 Å². The maximum Gasteiger partial charge on any atom is 0.248 e. The Morgan fingerprint density at radius 1 is 1.75 bits per heavy atom. The zero-order chi connectivity index (χ0) is 8.97. The lowest BCUT2D eigenvalue weighted by atomic mass is 10.3. The van der Waals surface area contributed by atoms with Gasteiger partial charge in [0.2, 0.25) is 5.91 Å². The van der Waals surface area contributed by atoms with Gasteiger partial charge in [0.1, 0.15) is 6.23 Å². The van der Waals surface area contributed by atoms with Gasteiger partial charge in [0.05, 0.1) is 0 Å². The number of carbonyl (C=O) groups excluding carboxylic acids is 1. The molecule has 4 nitrogen and oxygen atoms in total. The fraction of sp³-hybridized carbons (Fsp3) is 0.625. The maximum atomic E-state index is 11.2. The molecule has 4 heteroatoms. The van der Waals surface area contributed by atoms with Crippen LogP contribution in [0.3, 0.4) is 0 Å². The van der Waals surface area contributed by atoms with Crippen LogP contribution in [0.15, 0.2) is 12.2 Å². The quantitative estimate of drug-likeness (QED) is 0.506. The van der Waals surface area contributed by atoms with E-state index in [4.69, 9.17) is 0 Å². The number of likely N-dealkylation sites (N-methyl/N-ethyl adjacent to an activating group) is 1. The molecule has 1 rings (SSSR count). The van der Waals surface area contributed by atoms with Crippen LogP contribution in [-0.4, -0.2) is 42.3 Å². The van der Waals surface area contributed by atoms with Crippen molar-refractivity contribution in [2.75, 3.05) is 20.1 Å². The number of nitrogens with one attached hydrogen (secondary N) is 1. The normalized spacial score (nSPS) is 29.0. The molecule has 0 bridgehead atoms. The number of rotatable bonds is 0. The fourth-order valence-electron chi connectivity index (χ4n) is 1.00. The first kappa shape index (κ1) is 9.22. The van der Waals surface area contributed by atoms with Gasteiger partial charge in [-0.2, -0.15) is 0 Å². The Balaban J connectivity index is 2.61. The Morgan fingerprint density at radius 2 is 2.50 bits per heavy atom. The van der Waals surface area contributed by atoms with Crippen LogP contribution >= 0.6 is 0 Å². The van der Waals surface area contributed by atoms with E-state index in [0.717, 1.165) is 13.0 Å². The molecule has 0 spiro atoms. The summed E-state index contributed by atoms with van der Waals surface area (Å²) in [6, 6.07) is 0. The SMILES string of the molecule is CN1C(=O)/C=C\CCNCC1O. The number of nitrogens with zero attached hydrogens (tertiary/aromatic N) is 1. The maximum absolute atomic E-state index is 11.2. The summed E-state index contributed by atoms with van der Waals surface area (Å²) in [6.07, 6.45) is 3.41. The van der Waals surface area contributed by atoms with Crippen LogP contribution in [0.1, 0.15) is 6.42 Å². The van der Waals surface area contributed by atoms with Gasteiger partial charge in [0.15, 0.2) is 0 Å². The summed E-state index contributed by atoms with van der Waals surface area (Å²) in [6.45, 7) is 1.23. The van der Waals surface area contributed by atoms with E-state index in [0.29, 0.717) is 6.54 Å². The molecular formula is C8H14N2O2. The second-order valence-electron chi connectivity index (χ2n) is 2.82. The third-order valence-corrected chi connectivity index (χ3v) is 1.87. The highest BCUT2D eigenvalue weighted by molar-refractivity contribution is 5.87. The summed E-state index contributed by atoms with van der Waals surface area (Å²) < 4.78 is 0.